The smallest absolute Gasteiger partial charge is 0.119 e. The molecule has 0 aromatic heterocycles. The molecule has 0 amide bonds. The van der Waals surface area contributed by atoms with E-state index in [1.807, 2.05) is 24.3 Å². The van der Waals surface area contributed by atoms with E-state index in [0.29, 0.717) is 12.5 Å². The summed E-state index contributed by atoms with van der Waals surface area (Å²) in [6, 6.07) is 8.06. The van der Waals surface area contributed by atoms with Gasteiger partial charge in [0.15, 0.2) is 0 Å². The highest BCUT2D eigenvalue weighted by Crippen LogP contribution is 2.16. The molecule has 1 aromatic rings. The standard InChI is InChI=1S/C14H22O2S/c1-3-5-13(11-17)10-16-14-7-4-6-12(8-14)9-15-2/h4,6-8,13,17H,3,5,9-11H2,1-2H3. The Morgan fingerprint density at radius 1 is 1.35 bits per heavy atom. The molecular formula is C14H22O2S. The van der Waals surface area contributed by atoms with Gasteiger partial charge in [-0.05, 0) is 29.9 Å². The lowest BCUT2D eigenvalue weighted by atomic mass is 10.1. The van der Waals surface area contributed by atoms with E-state index in [-0.39, 0.29) is 0 Å². The zero-order valence-electron chi connectivity index (χ0n) is 10.7. The Morgan fingerprint density at radius 2 is 2.18 bits per heavy atom. The zero-order valence-corrected chi connectivity index (χ0v) is 11.6. The molecule has 3 heteroatoms. The van der Waals surface area contributed by atoms with Gasteiger partial charge in [-0.3, -0.25) is 0 Å². The summed E-state index contributed by atoms with van der Waals surface area (Å²) in [5.41, 5.74) is 1.14. The van der Waals surface area contributed by atoms with Crippen LogP contribution in [0.25, 0.3) is 0 Å². The lowest BCUT2D eigenvalue weighted by Gasteiger charge is -2.15. The molecule has 1 atom stereocenters. The van der Waals surface area contributed by atoms with Crippen LogP contribution in [0.4, 0.5) is 0 Å². The Kier molecular flexibility index (Phi) is 7.13. The highest BCUT2D eigenvalue weighted by molar-refractivity contribution is 7.80. The predicted octanol–water partition coefficient (Wildman–Crippen LogP) is 3.56. The summed E-state index contributed by atoms with van der Waals surface area (Å²) in [7, 11) is 1.70. The maximum absolute atomic E-state index is 5.79. The minimum atomic E-state index is 0.536. The zero-order chi connectivity index (χ0) is 12.5. The molecular weight excluding hydrogens is 232 g/mol. The van der Waals surface area contributed by atoms with Gasteiger partial charge in [0.2, 0.25) is 0 Å². The number of rotatable bonds is 8. The molecule has 0 aliphatic carbocycles. The van der Waals surface area contributed by atoms with Crippen molar-refractivity contribution in [2.45, 2.75) is 26.4 Å². The van der Waals surface area contributed by atoms with Gasteiger partial charge >= 0.3 is 0 Å². The number of hydrogen-bond donors (Lipinski definition) is 1. The van der Waals surface area contributed by atoms with E-state index in [0.717, 1.165) is 23.7 Å². The van der Waals surface area contributed by atoms with Gasteiger partial charge < -0.3 is 9.47 Å². The van der Waals surface area contributed by atoms with Gasteiger partial charge in [0.25, 0.3) is 0 Å². The average molecular weight is 254 g/mol. The second kappa shape index (κ2) is 8.43. The fourth-order valence-electron chi connectivity index (χ4n) is 1.74. The summed E-state index contributed by atoms with van der Waals surface area (Å²) in [5.74, 6) is 2.34. The highest BCUT2D eigenvalue weighted by atomic mass is 32.1. The van der Waals surface area contributed by atoms with Crippen molar-refractivity contribution in [2.75, 3.05) is 19.5 Å². The van der Waals surface area contributed by atoms with E-state index >= 15 is 0 Å². The topological polar surface area (TPSA) is 18.5 Å². The van der Waals surface area contributed by atoms with Crippen molar-refractivity contribution in [1.29, 1.82) is 0 Å². The number of thiol groups is 1. The number of benzene rings is 1. The van der Waals surface area contributed by atoms with Crippen LogP contribution in [0.3, 0.4) is 0 Å². The molecule has 96 valence electrons. The molecule has 0 spiro atoms. The first-order valence-electron chi connectivity index (χ1n) is 6.11. The van der Waals surface area contributed by atoms with Crippen LogP contribution in [0.2, 0.25) is 0 Å². The molecule has 1 aromatic carbocycles. The average Bonchev–Trinajstić information content (AvgIpc) is 2.35. The molecule has 17 heavy (non-hydrogen) atoms. The molecule has 0 aliphatic heterocycles. The van der Waals surface area contributed by atoms with E-state index in [1.54, 1.807) is 7.11 Å². The first-order valence-corrected chi connectivity index (χ1v) is 6.75. The summed E-state index contributed by atoms with van der Waals surface area (Å²) >= 11 is 4.35. The largest absolute Gasteiger partial charge is 0.493 e. The van der Waals surface area contributed by atoms with E-state index in [1.165, 1.54) is 12.8 Å². The van der Waals surface area contributed by atoms with Crippen molar-refractivity contribution < 1.29 is 9.47 Å². The SMILES string of the molecule is CCCC(CS)COc1cccc(COC)c1. The van der Waals surface area contributed by atoms with E-state index in [4.69, 9.17) is 9.47 Å². The molecule has 0 fully saturated rings. The predicted molar refractivity (Wildman–Crippen MR) is 74.9 cm³/mol. The molecule has 0 radical (unpaired) electrons. The van der Waals surface area contributed by atoms with Crippen molar-refractivity contribution in [1.82, 2.24) is 0 Å². The normalized spacial score (nSPS) is 12.4. The van der Waals surface area contributed by atoms with Crippen molar-refractivity contribution in [2.24, 2.45) is 5.92 Å². The molecule has 2 nitrogen and oxygen atoms in total. The Balaban J connectivity index is 2.47. The number of methoxy groups -OCH3 is 1. The van der Waals surface area contributed by atoms with Crippen molar-refractivity contribution in [3.8, 4) is 5.75 Å². The van der Waals surface area contributed by atoms with Crippen LogP contribution in [0, 0.1) is 5.92 Å². The van der Waals surface area contributed by atoms with Crippen LogP contribution in [-0.4, -0.2) is 19.5 Å². The first kappa shape index (κ1) is 14.4. The Hall–Kier alpha value is -0.670. The van der Waals surface area contributed by atoms with Crippen LogP contribution < -0.4 is 4.74 Å². The van der Waals surface area contributed by atoms with E-state index in [9.17, 15) is 0 Å². The van der Waals surface area contributed by atoms with Gasteiger partial charge in [-0.2, -0.15) is 12.6 Å². The molecule has 0 saturated carbocycles. The van der Waals surface area contributed by atoms with Crippen molar-refractivity contribution >= 4 is 12.6 Å². The van der Waals surface area contributed by atoms with Crippen molar-refractivity contribution in [3.05, 3.63) is 29.8 Å². The van der Waals surface area contributed by atoms with Crippen LogP contribution in [0.5, 0.6) is 5.75 Å². The molecule has 0 saturated heterocycles. The van der Waals surface area contributed by atoms with Crippen LogP contribution in [-0.2, 0) is 11.3 Å². The van der Waals surface area contributed by atoms with Crippen LogP contribution in [0.1, 0.15) is 25.3 Å². The van der Waals surface area contributed by atoms with Crippen LogP contribution in [0.15, 0.2) is 24.3 Å². The van der Waals surface area contributed by atoms with Gasteiger partial charge in [-0.25, -0.2) is 0 Å². The van der Waals surface area contributed by atoms with Gasteiger partial charge in [-0.1, -0.05) is 25.5 Å². The van der Waals surface area contributed by atoms with Gasteiger partial charge in [0.1, 0.15) is 5.75 Å². The molecule has 1 unspecified atom stereocenters. The first-order chi connectivity index (χ1) is 8.30. The van der Waals surface area contributed by atoms with E-state index < -0.39 is 0 Å². The van der Waals surface area contributed by atoms with Crippen molar-refractivity contribution in [3.63, 3.8) is 0 Å². The number of ether oxygens (including phenoxy) is 2. The summed E-state index contributed by atoms with van der Waals surface area (Å²) in [5, 5.41) is 0. The molecule has 0 heterocycles. The third-order valence-corrected chi connectivity index (χ3v) is 3.17. The molecule has 0 N–H and O–H groups in total. The highest BCUT2D eigenvalue weighted by Gasteiger charge is 2.06. The quantitative estimate of drug-likeness (QED) is 0.715. The number of hydrogen-bond acceptors (Lipinski definition) is 3. The molecule has 0 aliphatic rings. The molecule has 0 bridgehead atoms. The maximum atomic E-state index is 5.79. The summed E-state index contributed by atoms with van der Waals surface area (Å²) < 4.78 is 10.9. The fourth-order valence-corrected chi connectivity index (χ4v) is 2.03. The van der Waals surface area contributed by atoms with Crippen LogP contribution >= 0.6 is 12.6 Å². The lowest BCUT2D eigenvalue weighted by molar-refractivity contribution is 0.184. The van der Waals surface area contributed by atoms with Gasteiger partial charge in [0.05, 0.1) is 13.2 Å². The summed E-state index contributed by atoms with van der Waals surface area (Å²) in [4.78, 5) is 0. The third-order valence-electron chi connectivity index (χ3n) is 2.65. The monoisotopic (exact) mass is 254 g/mol. The lowest BCUT2D eigenvalue weighted by Crippen LogP contribution is -2.13. The summed E-state index contributed by atoms with van der Waals surface area (Å²) in [6.07, 6.45) is 2.35. The Labute approximate surface area is 110 Å². The second-order valence-electron chi connectivity index (χ2n) is 4.23. The third kappa shape index (κ3) is 5.46. The minimum Gasteiger partial charge on any atom is -0.493 e. The molecule has 1 rings (SSSR count). The maximum Gasteiger partial charge on any atom is 0.119 e. The fraction of sp³-hybridized carbons (Fsp3) is 0.571. The second-order valence-corrected chi connectivity index (χ2v) is 4.59. The van der Waals surface area contributed by atoms with E-state index in [2.05, 4.69) is 19.6 Å². The summed E-state index contributed by atoms with van der Waals surface area (Å²) in [6.45, 7) is 3.56. The Morgan fingerprint density at radius 3 is 2.82 bits per heavy atom. The minimum absolute atomic E-state index is 0.536. The van der Waals surface area contributed by atoms with Gasteiger partial charge in [0, 0.05) is 13.0 Å². The van der Waals surface area contributed by atoms with Gasteiger partial charge in [-0.15, -0.1) is 0 Å². The Bertz CT molecular complexity index is 315.